The minimum atomic E-state index is -0.335. The summed E-state index contributed by atoms with van der Waals surface area (Å²) in [6, 6.07) is 0. The Morgan fingerprint density at radius 3 is 2.46 bits per heavy atom. The Balaban J connectivity index is 3.16. The van der Waals surface area contributed by atoms with Gasteiger partial charge in [0.05, 0.1) is 0 Å². The van der Waals surface area contributed by atoms with Crippen LogP contribution in [0.4, 0.5) is 0 Å². The molecule has 0 bridgehead atoms. The maximum atomic E-state index is 10.7. The highest BCUT2D eigenvalue weighted by atomic mass is 16.1. The van der Waals surface area contributed by atoms with E-state index in [1.807, 2.05) is 0 Å². The molecule has 4 nitrogen and oxygen atoms in total. The topological polar surface area (TPSA) is 65.8 Å². The van der Waals surface area contributed by atoms with Gasteiger partial charge in [-0.3, -0.25) is 4.79 Å². The van der Waals surface area contributed by atoms with E-state index >= 15 is 0 Å². The maximum absolute atomic E-state index is 10.7. The fraction of sp³-hybridized carbons (Fsp3) is 0.889. The first-order valence-corrected chi connectivity index (χ1v) is 4.89. The quantitative estimate of drug-likeness (QED) is 0.257. The van der Waals surface area contributed by atoms with Gasteiger partial charge in [-0.15, -0.1) is 0 Å². The summed E-state index contributed by atoms with van der Waals surface area (Å²) in [5.74, 6) is -0.335. The maximum Gasteiger partial charge on any atom is 0.218 e. The summed E-state index contributed by atoms with van der Waals surface area (Å²) >= 11 is 0. The van der Waals surface area contributed by atoms with Crippen LogP contribution in [0.15, 0.2) is 5.11 Å². The zero-order chi connectivity index (χ0) is 9.94. The molecule has 0 radical (unpaired) electrons. The highest BCUT2D eigenvalue weighted by Crippen LogP contribution is 2.07. The van der Waals surface area contributed by atoms with Gasteiger partial charge in [-0.1, -0.05) is 39.0 Å². The number of carbonyl (C=O) groups excluding carboxylic acids is 1. The van der Waals surface area contributed by atoms with Gasteiger partial charge < -0.3 is 0 Å². The van der Waals surface area contributed by atoms with Crippen LogP contribution in [0.3, 0.4) is 0 Å². The van der Waals surface area contributed by atoms with Crippen LogP contribution < -0.4 is 0 Å². The van der Waals surface area contributed by atoms with E-state index < -0.39 is 0 Å². The summed E-state index contributed by atoms with van der Waals surface area (Å²) in [5, 5.41) is 3.00. The molecular weight excluding hydrogens is 166 g/mol. The normalized spacial score (nSPS) is 9.31. The third kappa shape index (κ3) is 8.89. The number of azide groups is 1. The predicted molar refractivity (Wildman–Crippen MR) is 52.1 cm³/mol. The molecule has 13 heavy (non-hydrogen) atoms. The lowest BCUT2D eigenvalue weighted by Crippen LogP contribution is -1.90. The molecule has 0 N–H and O–H groups in total. The summed E-state index contributed by atoms with van der Waals surface area (Å²) in [6.07, 6.45) is 7.23. The summed E-state index contributed by atoms with van der Waals surface area (Å²) in [6.45, 7) is 2.17. The van der Waals surface area contributed by atoms with Gasteiger partial charge in [0.2, 0.25) is 5.91 Å². The fourth-order valence-electron chi connectivity index (χ4n) is 1.16. The Morgan fingerprint density at radius 1 is 1.23 bits per heavy atom. The molecule has 74 valence electrons. The van der Waals surface area contributed by atoms with Crippen molar-refractivity contribution in [1.82, 2.24) is 0 Å². The summed E-state index contributed by atoms with van der Waals surface area (Å²) in [7, 11) is 0. The van der Waals surface area contributed by atoms with Crippen molar-refractivity contribution in [3.63, 3.8) is 0 Å². The molecule has 4 heteroatoms. The zero-order valence-corrected chi connectivity index (χ0v) is 8.20. The second-order valence-corrected chi connectivity index (χ2v) is 3.10. The average Bonchev–Trinajstić information content (AvgIpc) is 2.11. The van der Waals surface area contributed by atoms with E-state index in [-0.39, 0.29) is 5.91 Å². The highest BCUT2D eigenvalue weighted by Gasteiger charge is 1.96. The third-order valence-corrected chi connectivity index (χ3v) is 1.90. The van der Waals surface area contributed by atoms with Crippen molar-refractivity contribution >= 4 is 5.91 Å². The lowest BCUT2D eigenvalue weighted by Gasteiger charge is -1.97. The van der Waals surface area contributed by atoms with Crippen LogP contribution >= 0.6 is 0 Å². The van der Waals surface area contributed by atoms with Crippen molar-refractivity contribution < 1.29 is 4.79 Å². The number of hydrogen-bond acceptors (Lipinski definition) is 1. The van der Waals surface area contributed by atoms with Crippen LogP contribution in [0.5, 0.6) is 0 Å². The van der Waals surface area contributed by atoms with Crippen LogP contribution in [-0.4, -0.2) is 5.91 Å². The van der Waals surface area contributed by atoms with Gasteiger partial charge in [0.25, 0.3) is 0 Å². The van der Waals surface area contributed by atoms with Gasteiger partial charge in [-0.05, 0) is 17.1 Å². The molecule has 0 aromatic rings. The Hall–Kier alpha value is -1.02. The minimum Gasteiger partial charge on any atom is -0.293 e. The van der Waals surface area contributed by atoms with Crippen molar-refractivity contribution in [1.29, 1.82) is 0 Å². The fourth-order valence-corrected chi connectivity index (χ4v) is 1.16. The molecule has 0 fully saturated rings. The number of nitrogens with zero attached hydrogens (tertiary/aromatic N) is 3. The van der Waals surface area contributed by atoms with E-state index in [1.165, 1.54) is 25.7 Å². The Labute approximate surface area is 79.0 Å². The van der Waals surface area contributed by atoms with Crippen molar-refractivity contribution in [3.8, 4) is 0 Å². The van der Waals surface area contributed by atoms with Crippen LogP contribution in [0.1, 0.15) is 51.9 Å². The molecule has 0 saturated heterocycles. The third-order valence-electron chi connectivity index (χ3n) is 1.90. The van der Waals surface area contributed by atoms with Gasteiger partial charge >= 0.3 is 0 Å². The van der Waals surface area contributed by atoms with Crippen LogP contribution in [0.2, 0.25) is 0 Å². The molecule has 0 aliphatic heterocycles. The van der Waals surface area contributed by atoms with E-state index in [9.17, 15) is 4.79 Å². The van der Waals surface area contributed by atoms with E-state index in [0.29, 0.717) is 6.42 Å². The Kier molecular flexibility index (Phi) is 8.36. The van der Waals surface area contributed by atoms with Crippen molar-refractivity contribution in [2.24, 2.45) is 5.11 Å². The lowest BCUT2D eigenvalue weighted by molar-refractivity contribution is -0.118. The molecule has 0 atom stereocenters. The molecule has 0 aliphatic rings. The van der Waals surface area contributed by atoms with Crippen molar-refractivity contribution in [2.75, 3.05) is 0 Å². The Bertz CT molecular complexity index is 185. The molecule has 1 amide bonds. The molecule has 0 aromatic carbocycles. The van der Waals surface area contributed by atoms with Crippen LogP contribution in [0.25, 0.3) is 10.4 Å². The SMILES string of the molecule is CCCCCCCCC(=O)N=[N+]=[N-]. The van der Waals surface area contributed by atoms with E-state index in [2.05, 4.69) is 16.9 Å². The number of carbonyl (C=O) groups is 1. The van der Waals surface area contributed by atoms with Gasteiger partial charge in [0.1, 0.15) is 0 Å². The number of rotatable bonds is 7. The summed E-state index contributed by atoms with van der Waals surface area (Å²) in [4.78, 5) is 13.2. The largest absolute Gasteiger partial charge is 0.293 e. The summed E-state index contributed by atoms with van der Waals surface area (Å²) in [5.41, 5.74) is 7.95. The predicted octanol–water partition coefficient (Wildman–Crippen LogP) is 3.57. The lowest BCUT2D eigenvalue weighted by atomic mass is 10.1. The summed E-state index contributed by atoms with van der Waals surface area (Å²) < 4.78 is 0. The second-order valence-electron chi connectivity index (χ2n) is 3.10. The van der Waals surface area contributed by atoms with Crippen molar-refractivity contribution in [2.45, 2.75) is 51.9 Å². The minimum absolute atomic E-state index is 0.335. The van der Waals surface area contributed by atoms with Gasteiger partial charge in [-0.2, -0.15) is 0 Å². The molecule has 0 heterocycles. The molecule has 0 spiro atoms. The standard InChI is InChI=1S/C9H17N3O/c1-2-3-4-5-6-7-8-9(13)11-12-10/h2-8H2,1H3. The van der Waals surface area contributed by atoms with Crippen LogP contribution in [-0.2, 0) is 4.79 Å². The first-order chi connectivity index (χ1) is 6.31. The monoisotopic (exact) mass is 183 g/mol. The first kappa shape index (κ1) is 12.0. The average molecular weight is 183 g/mol. The molecule has 0 unspecified atom stereocenters. The van der Waals surface area contributed by atoms with Crippen LogP contribution in [0, 0.1) is 0 Å². The van der Waals surface area contributed by atoms with Gasteiger partial charge in [0, 0.05) is 11.3 Å². The zero-order valence-electron chi connectivity index (χ0n) is 8.20. The number of unbranched alkanes of at least 4 members (excludes halogenated alkanes) is 5. The van der Waals surface area contributed by atoms with Crippen molar-refractivity contribution in [3.05, 3.63) is 10.4 Å². The highest BCUT2D eigenvalue weighted by molar-refractivity contribution is 5.76. The van der Waals surface area contributed by atoms with E-state index in [1.54, 1.807) is 0 Å². The second kappa shape index (κ2) is 9.07. The molecule has 0 aliphatic carbocycles. The molecule has 0 aromatic heterocycles. The van der Waals surface area contributed by atoms with E-state index in [0.717, 1.165) is 12.8 Å². The smallest absolute Gasteiger partial charge is 0.218 e. The first-order valence-electron chi connectivity index (χ1n) is 4.89. The van der Waals surface area contributed by atoms with Gasteiger partial charge in [0.15, 0.2) is 0 Å². The molecule has 0 saturated carbocycles. The Morgan fingerprint density at radius 2 is 1.85 bits per heavy atom. The van der Waals surface area contributed by atoms with E-state index in [4.69, 9.17) is 5.53 Å². The molecular formula is C9H17N3O. The molecule has 0 rings (SSSR count). The van der Waals surface area contributed by atoms with Gasteiger partial charge in [-0.25, -0.2) is 0 Å². The number of hydrogen-bond donors (Lipinski definition) is 0. The number of amides is 1.